The Hall–Kier alpha value is -2.87. The predicted molar refractivity (Wildman–Crippen MR) is 137 cm³/mol. The summed E-state index contributed by atoms with van der Waals surface area (Å²) in [7, 11) is 2.08. The molecule has 2 aromatic carbocycles. The zero-order chi connectivity index (χ0) is 23.7. The molecule has 2 aliphatic rings. The van der Waals surface area contributed by atoms with Gasteiger partial charge in [0.25, 0.3) is 5.91 Å². The lowest BCUT2D eigenvalue weighted by Crippen LogP contribution is -2.47. The Morgan fingerprint density at radius 3 is 2.50 bits per heavy atom. The monoisotopic (exact) mass is 496 g/mol. The van der Waals surface area contributed by atoms with Gasteiger partial charge in [-0.05, 0) is 49.0 Å². The highest BCUT2D eigenvalue weighted by Gasteiger charge is 2.22. The lowest BCUT2D eigenvalue weighted by atomic mass is 10.1. The minimum Gasteiger partial charge on any atom is -0.365 e. The van der Waals surface area contributed by atoms with Crippen LogP contribution in [0.15, 0.2) is 48.5 Å². The van der Waals surface area contributed by atoms with E-state index in [9.17, 15) is 4.79 Å². The SMILES string of the molecule is CN1CCN(C(=O)c2ccc(-c3cc4c(nn3)NCCN4Cc3cc(Cl)ccc3Cl)cc2)CC1. The smallest absolute Gasteiger partial charge is 0.253 e. The van der Waals surface area contributed by atoms with Crippen LogP contribution in [0, 0.1) is 0 Å². The van der Waals surface area contributed by atoms with Gasteiger partial charge in [-0.2, -0.15) is 0 Å². The molecule has 0 unspecified atom stereocenters. The molecule has 0 aliphatic carbocycles. The molecule has 1 N–H and O–H groups in total. The zero-order valence-corrected chi connectivity index (χ0v) is 20.5. The molecule has 9 heteroatoms. The number of anilines is 2. The molecule has 0 spiro atoms. The molecule has 5 rings (SSSR count). The fourth-order valence-electron chi connectivity index (χ4n) is 4.33. The van der Waals surface area contributed by atoms with Crippen molar-refractivity contribution in [2.24, 2.45) is 0 Å². The Bertz CT molecular complexity index is 1190. The van der Waals surface area contributed by atoms with E-state index in [0.717, 1.165) is 67.6 Å². The molecular weight excluding hydrogens is 471 g/mol. The van der Waals surface area contributed by atoms with Crippen LogP contribution in [0.3, 0.4) is 0 Å². The number of hydrogen-bond donors (Lipinski definition) is 1. The fraction of sp³-hybridized carbons (Fsp3) is 0.320. The Kier molecular flexibility index (Phi) is 6.59. The third kappa shape index (κ3) is 4.82. The second-order valence-electron chi connectivity index (χ2n) is 8.72. The molecule has 7 nitrogen and oxygen atoms in total. The van der Waals surface area contributed by atoms with Gasteiger partial charge in [0, 0.05) is 67.0 Å². The lowest BCUT2D eigenvalue weighted by Gasteiger charge is -2.32. The summed E-state index contributed by atoms with van der Waals surface area (Å²) >= 11 is 12.6. The molecule has 2 aliphatic heterocycles. The van der Waals surface area contributed by atoms with Gasteiger partial charge >= 0.3 is 0 Å². The van der Waals surface area contributed by atoms with Crippen molar-refractivity contribution in [3.63, 3.8) is 0 Å². The zero-order valence-electron chi connectivity index (χ0n) is 19.0. The standard InChI is InChI=1S/C25H26Cl2N6O/c1-31-10-12-32(13-11-31)25(34)18-4-2-17(3-5-18)22-15-23-24(30-29-22)28-8-9-33(23)16-19-14-20(26)6-7-21(19)27/h2-7,14-15H,8-13,16H2,1H3,(H,28,30). The number of carbonyl (C=O) groups excluding carboxylic acids is 1. The minimum absolute atomic E-state index is 0.0740. The maximum Gasteiger partial charge on any atom is 0.253 e. The van der Waals surface area contributed by atoms with Gasteiger partial charge in [-0.3, -0.25) is 4.79 Å². The molecular formula is C25H26Cl2N6O. The Labute approximate surface area is 209 Å². The van der Waals surface area contributed by atoms with Crippen molar-refractivity contribution in [2.45, 2.75) is 6.54 Å². The van der Waals surface area contributed by atoms with Crippen molar-refractivity contribution in [2.75, 3.05) is 56.5 Å². The number of halogens is 2. The number of fused-ring (bicyclic) bond motifs is 1. The number of amides is 1. The molecule has 1 saturated heterocycles. The van der Waals surface area contributed by atoms with Gasteiger partial charge in [0.15, 0.2) is 5.82 Å². The molecule has 34 heavy (non-hydrogen) atoms. The summed E-state index contributed by atoms with van der Waals surface area (Å²) in [6.07, 6.45) is 0. The first-order valence-corrected chi connectivity index (χ1v) is 12.1. The van der Waals surface area contributed by atoms with E-state index in [1.807, 2.05) is 47.4 Å². The van der Waals surface area contributed by atoms with Crippen molar-refractivity contribution in [3.05, 3.63) is 69.7 Å². The first kappa shape index (κ1) is 22.9. The van der Waals surface area contributed by atoms with Crippen molar-refractivity contribution < 1.29 is 4.79 Å². The minimum atomic E-state index is 0.0740. The topological polar surface area (TPSA) is 64.6 Å². The first-order valence-electron chi connectivity index (χ1n) is 11.4. The molecule has 3 heterocycles. The number of aromatic nitrogens is 2. The van der Waals surface area contributed by atoms with E-state index in [4.69, 9.17) is 23.2 Å². The van der Waals surface area contributed by atoms with E-state index in [1.54, 1.807) is 6.07 Å². The quantitative estimate of drug-likeness (QED) is 0.581. The molecule has 1 aromatic heterocycles. The van der Waals surface area contributed by atoms with Crippen molar-refractivity contribution >= 4 is 40.6 Å². The van der Waals surface area contributed by atoms with Gasteiger partial charge in [0.1, 0.15) is 0 Å². The van der Waals surface area contributed by atoms with Crippen LogP contribution < -0.4 is 10.2 Å². The highest BCUT2D eigenvalue weighted by molar-refractivity contribution is 6.33. The van der Waals surface area contributed by atoms with E-state index in [1.165, 1.54) is 0 Å². The van der Waals surface area contributed by atoms with Gasteiger partial charge in [0.05, 0.1) is 11.4 Å². The largest absolute Gasteiger partial charge is 0.365 e. The van der Waals surface area contributed by atoms with Crippen LogP contribution >= 0.6 is 23.2 Å². The summed E-state index contributed by atoms with van der Waals surface area (Å²) in [5.41, 5.74) is 4.29. The van der Waals surface area contributed by atoms with Gasteiger partial charge in [0.2, 0.25) is 0 Å². The number of nitrogens with zero attached hydrogens (tertiary/aromatic N) is 5. The van der Waals surface area contributed by atoms with Crippen LogP contribution in [0.5, 0.6) is 0 Å². The van der Waals surface area contributed by atoms with Crippen molar-refractivity contribution in [1.29, 1.82) is 0 Å². The van der Waals surface area contributed by atoms with E-state index in [-0.39, 0.29) is 5.91 Å². The van der Waals surface area contributed by atoms with Crippen LogP contribution in [-0.2, 0) is 6.54 Å². The summed E-state index contributed by atoms with van der Waals surface area (Å²) < 4.78 is 0. The van der Waals surface area contributed by atoms with Gasteiger partial charge in [-0.1, -0.05) is 35.3 Å². The van der Waals surface area contributed by atoms with Crippen LogP contribution in [0.4, 0.5) is 11.5 Å². The summed E-state index contributed by atoms with van der Waals surface area (Å²) in [6.45, 7) is 5.51. The molecule has 0 radical (unpaired) electrons. The van der Waals surface area contributed by atoms with Gasteiger partial charge < -0.3 is 20.0 Å². The van der Waals surface area contributed by atoms with E-state index >= 15 is 0 Å². The summed E-state index contributed by atoms with van der Waals surface area (Å²) in [5, 5.41) is 13.5. The molecule has 0 bridgehead atoms. The van der Waals surface area contributed by atoms with Crippen molar-refractivity contribution in [3.8, 4) is 11.3 Å². The first-order chi connectivity index (χ1) is 16.5. The number of benzene rings is 2. The molecule has 1 fully saturated rings. The van der Waals surface area contributed by atoms with E-state index < -0.39 is 0 Å². The Balaban J connectivity index is 1.36. The molecule has 0 atom stereocenters. The van der Waals surface area contributed by atoms with Crippen LogP contribution in [0.2, 0.25) is 10.0 Å². The van der Waals surface area contributed by atoms with Crippen molar-refractivity contribution in [1.82, 2.24) is 20.0 Å². The molecule has 0 saturated carbocycles. The number of carbonyl (C=O) groups is 1. The second kappa shape index (κ2) is 9.78. The predicted octanol–water partition coefficient (Wildman–Crippen LogP) is 4.27. The number of nitrogens with one attached hydrogen (secondary N) is 1. The molecule has 1 amide bonds. The fourth-order valence-corrected chi connectivity index (χ4v) is 4.70. The van der Waals surface area contributed by atoms with Gasteiger partial charge in [-0.15, -0.1) is 10.2 Å². The highest BCUT2D eigenvalue weighted by atomic mass is 35.5. The maximum absolute atomic E-state index is 12.9. The lowest BCUT2D eigenvalue weighted by molar-refractivity contribution is 0.0664. The van der Waals surface area contributed by atoms with Crippen LogP contribution in [0.25, 0.3) is 11.3 Å². The molecule has 176 valence electrons. The van der Waals surface area contributed by atoms with Gasteiger partial charge in [-0.25, -0.2) is 0 Å². The number of piperazine rings is 1. The Morgan fingerprint density at radius 1 is 0.971 bits per heavy atom. The Morgan fingerprint density at radius 2 is 1.74 bits per heavy atom. The average molecular weight is 497 g/mol. The summed E-state index contributed by atoms with van der Waals surface area (Å²) in [4.78, 5) is 19.2. The van der Waals surface area contributed by atoms with Crippen LogP contribution in [-0.4, -0.2) is 72.2 Å². The number of hydrogen-bond acceptors (Lipinski definition) is 6. The summed E-state index contributed by atoms with van der Waals surface area (Å²) in [5.74, 6) is 0.819. The summed E-state index contributed by atoms with van der Waals surface area (Å²) in [6, 6.07) is 15.2. The highest BCUT2D eigenvalue weighted by Crippen LogP contribution is 2.33. The average Bonchev–Trinajstić information content (AvgIpc) is 2.86. The normalized spacial score (nSPS) is 16.2. The third-order valence-electron chi connectivity index (χ3n) is 6.38. The second-order valence-corrected chi connectivity index (χ2v) is 9.56. The van der Waals surface area contributed by atoms with E-state index in [0.29, 0.717) is 22.2 Å². The number of rotatable bonds is 4. The van der Waals surface area contributed by atoms with Crippen LogP contribution in [0.1, 0.15) is 15.9 Å². The molecule has 3 aromatic rings. The number of likely N-dealkylation sites (N-methyl/N-ethyl adjacent to an activating group) is 1. The third-order valence-corrected chi connectivity index (χ3v) is 6.98. The van der Waals surface area contributed by atoms with E-state index in [2.05, 4.69) is 32.4 Å². The maximum atomic E-state index is 12.9.